The summed E-state index contributed by atoms with van der Waals surface area (Å²) in [5.74, 6) is -1.09. The van der Waals surface area contributed by atoms with Crippen molar-refractivity contribution in [2.24, 2.45) is 0 Å². The molecule has 2 aromatic carbocycles. The highest BCUT2D eigenvalue weighted by Crippen LogP contribution is 2.37. The molecule has 0 saturated heterocycles. The normalized spacial score (nSPS) is 10.3. The van der Waals surface area contributed by atoms with Crippen LogP contribution >= 0.6 is 15.9 Å². The summed E-state index contributed by atoms with van der Waals surface area (Å²) in [5.41, 5.74) is -0.0763. The second kappa shape index (κ2) is 5.40. The Morgan fingerprint density at radius 1 is 1.21 bits per heavy atom. The monoisotopic (exact) mass is 324 g/mol. The van der Waals surface area contributed by atoms with Gasteiger partial charge in [-0.1, -0.05) is 12.1 Å². The molecule has 0 spiro atoms. The van der Waals surface area contributed by atoms with Crippen LogP contribution in [-0.2, 0) is 0 Å². The molecule has 3 nitrogen and oxygen atoms in total. The van der Waals surface area contributed by atoms with Crippen molar-refractivity contribution in [2.45, 2.75) is 0 Å². The molecule has 98 valence electrons. The molecule has 0 radical (unpaired) electrons. The van der Waals surface area contributed by atoms with Gasteiger partial charge in [-0.15, -0.1) is 0 Å². The quantitative estimate of drug-likeness (QED) is 0.878. The predicted octanol–water partition coefficient (Wildman–Crippen LogP) is 3.53. The van der Waals surface area contributed by atoms with Gasteiger partial charge in [-0.05, 0) is 40.2 Å². The third-order valence-electron chi connectivity index (χ3n) is 2.66. The maximum absolute atomic E-state index is 13.6. The van der Waals surface area contributed by atoms with Crippen LogP contribution in [0.2, 0.25) is 0 Å². The lowest BCUT2D eigenvalue weighted by Crippen LogP contribution is -2.05. The Morgan fingerprint density at radius 2 is 1.89 bits per heavy atom. The number of carbonyl (C=O) groups is 1. The van der Waals surface area contributed by atoms with E-state index >= 15 is 0 Å². The predicted molar refractivity (Wildman–Crippen MR) is 72.2 cm³/mol. The maximum Gasteiger partial charge on any atom is 0.199 e. The Bertz CT molecular complexity index is 641. The van der Waals surface area contributed by atoms with E-state index in [0.29, 0.717) is 5.75 Å². The molecular weight excluding hydrogens is 315 g/mol. The standard InChI is InChI=1S/C14H10BrFO3/c1-19-11-7-6-9(14(18)12(11)15)13(17)8-4-2-3-5-10(8)16/h2-7,18H,1H3. The number of benzene rings is 2. The highest BCUT2D eigenvalue weighted by Gasteiger charge is 2.20. The lowest BCUT2D eigenvalue weighted by atomic mass is 10.0. The van der Waals surface area contributed by atoms with Crippen LogP contribution in [0.1, 0.15) is 15.9 Å². The Morgan fingerprint density at radius 3 is 2.53 bits per heavy atom. The van der Waals surface area contributed by atoms with Gasteiger partial charge in [0.05, 0.1) is 18.2 Å². The first-order valence-electron chi connectivity index (χ1n) is 5.41. The van der Waals surface area contributed by atoms with E-state index in [4.69, 9.17) is 4.74 Å². The average molecular weight is 325 g/mol. The van der Waals surface area contributed by atoms with Gasteiger partial charge < -0.3 is 9.84 Å². The zero-order chi connectivity index (χ0) is 14.0. The molecule has 0 saturated carbocycles. The van der Waals surface area contributed by atoms with Crippen molar-refractivity contribution in [2.75, 3.05) is 7.11 Å². The topological polar surface area (TPSA) is 46.5 Å². The largest absolute Gasteiger partial charge is 0.506 e. The Hall–Kier alpha value is -1.88. The number of halogens is 2. The molecule has 19 heavy (non-hydrogen) atoms. The van der Waals surface area contributed by atoms with Crippen LogP contribution in [0, 0.1) is 5.82 Å². The van der Waals surface area contributed by atoms with Gasteiger partial charge in [0.25, 0.3) is 0 Å². The number of phenolic OH excluding ortho intramolecular Hbond substituents is 1. The summed E-state index contributed by atoms with van der Waals surface area (Å²) in [7, 11) is 1.44. The molecule has 0 aliphatic heterocycles. The number of phenols is 1. The summed E-state index contributed by atoms with van der Waals surface area (Å²) in [6, 6.07) is 8.55. The minimum absolute atomic E-state index is 0.0118. The maximum atomic E-state index is 13.6. The highest BCUT2D eigenvalue weighted by molar-refractivity contribution is 9.10. The number of methoxy groups -OCH3 is 1. The van der Waals surface area contributed by atoms with Crippen molar-refractivity contribution in [1.82, 2.24) is 0 Å². The molecule has 0 unspecified atom stereocenters. The summed E-state index contributed by atoms with van der Waals surface area (Å²) >= 11 is 3.13. The van der Waals surface area contributed by atoms with Crippen molar-refractivity contribution in [1.29, 1.82) is 0 Å². The molecular formula is C14H10BrFO3. The van der Waals surface area contributed by atoms with E-state index in [-0.39, 0.29) is 21.3 Å². The molecule has 0 aromatic heterocycles. The smallest absolute Gasteiger partial charge is 0.199 e. The third-order valence-corrected chi connectivity index (χ3v) is 3.43. The van der Waals surface area contributed by atoms with E-state index in [2.05, 4.69) is 15.9 Å². The number of hydrogen-bond acceptors (Lipinski definition) is 3. The van der Waals surface area contributed by atoms with Crippen molar-refractivity contribution in [3.05, 3.63) is 57.8 Å². The van der Waals surface area contributed by atoms with E-state index in [1.807, 2.05) is 0 Å². The molecule has 0 aliphatic rings. The van der Waals surface area contributed by atoms with Crippen LogP contribution in [0.5, 0.6) is 11.5 Å². The van der Waals surface area contributed by atoms with Gasteiger partial charge in [0.15, 0.2) is 5.78 Å². The molecule has 0 amide bonds. The van der Waals surface area contributed by atoms with Crippen molar-refractivity contribution in [3.63, 3.8) is 0 Å². The van der Waals surface area contributed by atoms with E-state index in [1.54, 1.807) is 6.07 Å². The van der Waals surface area contributed by atoms with E-state index in [9.17, 15) is 14.3 Å². The van der Waals surface area contributed by atoms with Gasteiger partial charge >= 0.3 is 0 Å². The molecule has 1 N–H and O–H groups in total. The second-order valence-electron chi connectivity index (χ2n) is 3.79. The zero-order valence-electron chi connectivity index (χ0n) is 9.98. The number of carbonyl (C=O) groups excluding carboxylic acids is 1. The van der Waals surface area contributed by atoms with Crippen LogP contribution in [0.15, 0.2) is 40.9 Å². The van der Waals surface area contributed by atoms with Crippen molar-refractivity contribution in [3.8, 4) is 11.5 Å². The molecule has 0 aliphatic carbocycles. The van der Waals surface area contributed by atoms with E-state index in [0.717, 1.165) is 0 Å². The van der Waals surface area contributed by atoms with Crippen LogP contribution in [0.25, 0.3) is 0 Å². The van der Waals surface area contributed by atoms with E-state index in [1.165, 1.54) is 37.4 Å². The van der Waals surface area contributed by atoms with Gasteiger partial charge in [0, 0.05) is 0 Å². The van der Waals surface area contributed by atoms with Crippen LogP contribution in [0.4, 0.5) is 4.39 Å². The number of ketones is 1. The summed E-state index contributed by atoms with van der Waals surface area (Å²) in [4.78, 5) is 12.2. The summed E-state index contributed by atoms with van der Waals surface area (Å²) < 4.78 is 18.8. The molecule has 5 heteroatoms. The minimum atomic E-state index is -0.626. The van der Waals surface area contributed by atoms with Crippen molar-refractivity contribution >= 4 is 21.7 Å². The second-order valence-corrected chi connectivity index (χ2v) is 4.58. The number of hydrogen-bond donors (Lipinski definition) is 1. The number of ether oxygens (including phenoxy) is 1. The summed E-state index contributed by atoms with van der Waals surface area (Å²) in [6.07, 6.45) is 0. The van der Waals surface area contributed by atoms with E-state index < -0.39 is 11.6 Å². The van der Waals surface area contributed by atoms with Gasteiger partial charge in [-0.2, -0.15) is 0 Å². The molecule has 0 heterocycles. The fourth-order valence-electron chi connectivity index (χ4n) is 1.68. The van der Waals surface area contributed by atoms with Gasteiger partial charge in [-0.3, -0.25) is 4.79 Å². The third kappa shape index (κ3) is 2.46. The molecule has 0 bridgehead atoms. The average Bonchev–Trinajstić information content (AvgIpc) is 2.41. The van der Waals surface area contributed by atoms with Crippen molar-refractivity contribution < 1.29 is 19.0 Å². The Balaban J connectivity index is 2.52. The first kappa shape index (κ1) is 13.5. The SMILES string of the molecule is COc1ccc(C(=O)c2ccccc2F)c(O)c1Br. The molecule has 2 aromatic rings. The lowest BCUT2D eigenvalue weighted by Gasteiger charge is -2.09. The highest BCUT2D eigenvalue weighted by atomic mass is 79.9. The van der Waals surface area contributed by atoms with Crippen LogP contribution in [0.3, 0.4) is 0 Å². The number of aromatic hydroxyl groups is 1. The molecule has 0 fully saturated rings. The summed E-state index contributed by atoms with van der Waals surface area (Å²) in [6.45, 7) is 0. The fourth-order valence-corrected chi connectivity index (χ4v) is 2.18. The zero-order valence-corrected chi connectivity index (χ0v) is 11.6. The lowest BCUT2D eigenvalue weighted by molar-refractivity contribution is 0.103. The van der Waals surface area contributed by atoms with Gasteiger partial charge in [0.2, 0.25) is 0 Å². The molecule has 0 atom stereocenters. The first-order chi connectivity index (χ1) is 9.06. The van der Waals surface area contributed by atoms with Gasteiger partial charge in [0.1, 0.15) is 21.8 Å². The summed E-state index contributed by atoms with van der Waals surface area (Å²) in [5, 5.41) is 9.96. The molecule has 2 rings (SSSR count). The first-order valence-corrected chi connectivity index (χ1v) is 6.20. The minimum Gasteiger partial charge on any atom is -0.506 e. The fraction of sp³-hybridized carbons (Fsp3) is 0.0714. The van der Waals surface area contributed by atoms with Gasteiger partial charge in [-0.25, -0.2) is 4.39 Å². The Labute approximate surface area is 117 Å². The van der Waals surface area contributed by atoms with Crippen LogP contribution < -0.4 is 4.74 Å². The van der Waals surface area contributed by atoms with Crippen LogP contribution in [-0.4, -0.2) is 18.0 Å². The number of rotatable bonds is 3. The Kier molecular flexibility index (Phi) is 3.85.